The molecule has 2 atom stereocenters. The fourth-order valence-corrected chi connectivity index (χ4v) is 4.98. The number of thiophene rings is 1. The first-order valence-electron chi connectivity index (χ1n) is 10.4. The summed E-state index contributed by atoms with van der Waals surface area (Å²) in [6.45, 7) is 5.72. The molecule has 4 heterocycles. The van der Waals surface area contributed by atoms with Crippen LogP contribution in [0.25, 0.3) is 0 Å². The highest BCUT2D eigenvalue weighted by molar-refractivity contribution is 7.12. The summed E-state index contributed by atoms with van der Waals surface area (Å²) in [5, 5.41) is 16.9. The zero-order valence-electron chi connectivity index (χ0n) is 18.3. The molecule has 1 aliphatic rings. The number of likely N-dealkylation sites (tertiary alicyclic amines) is 1. The SMILES string of the molecule is Cc1cc(Nc2cnc(NC(=O)N[C@@H]3CN(C)C[C@H]3c3ccc(C)s3)cc2C=N)ccn1.[HH].[HH]. The van der Waals surface area contributed by atoms with Crippen LogP contribution < -0.4 is 16.0 Å². The van der Waals surface area contributed by atoms with Gasteiger partial charge in [-0.15, -0.1) is 11.3 Å². The molecule has 170 valence electrons. The summed E-state index contributed by atoms with van der Waals surface area (Å²) in [7, 11) is 2.07. The fraction of sp³-hybridized carbons (Fsp3) is 0.304. The van der Waals surface area contributed by atoms with Crippen molar-refractivity contribution in [3.05, 3.63) is 63.7 Å². The highest BCUT2D eigenvalue weighted by Crippen LogP contribution is 2.32. The molecule has 1 saturated heterocycles. The largest absolute Gasteiger partial charge is 0.354 e. The van der Waals surface area contributed by atoms with E-state index in [-0.39, 0.29) is 20.8 Å². The van der Waals surface area contributed by atoms with Crippen molar-refractivity contribution in [1.29, 1.82) is 5.41 Å². The minimum absolute atomic E-state index is 0. The van der Waals surface area contributed by atoms with Crippen molar-refractivity contribution in [3.63, 3.8) is 0 Å². The van der Waals surface area contributed by atoms with E-state index in [1.165, 1.54) is 16.0 Å². The summed E-state index contributed by atoms with van der Waals surface area (Å²) < 4.78 is 0. The molecule has 1 fully saturated rings. The number of rotatable bonds is 6. The molecule has 3 aromatic rings. The van der Waals surface area contributed by atoms with E-state index >= 15 is 0 Å². The number of anilines is 3. The zero-order chi connectivity index (χ0) is 22.7. The van der Waals surface area contributed by atoms with Gasteiger partial charge < -0.3 is 20.9 Å². The molecule has 0 aliphatic carbocycles. The first kappa shape index (κ1) is 21.9. The number of aromatic nitrogens is 2. The second-order valence-corrected chi connectivity index (χ2v) is 9.41. The minimum Gasteiger partial charge on any atom is -0.354 e. The van der Waals surface area contributed by atoms with Crippen molar-refractivity contribution < 1.29 is 7.65 Å². The van der Waals surface area contributed by atoms with Crippen molar-refractivity contribution >= 4 is 40.8 Å². The lowest BCUT2D eigenvalue weighted by Gasteiger charge is -2.19. The lowest BCUT2D eigenvalue weighted by Crippen LogP contribution is -2.42. The standard InChI is InChI=1S/C23H27N7OS.2H2/c1-14-8-17(6-7-25-14)27-19-11-26-22(9-16(19)10-24)29-23(31)28-20-13-30(3)12-18(20)21-5-4-15(2)32-21;;/h4-11,18,20,24H,12-13H2,1-3H3,(H,25,27)(H2,26,28,29,31);2*1H/t18-,20-;;/m1../s1. The maximum absolute atomic E-state index is 12.7. The van der Waals surface area contributed by atoms with E-state index in [4.69, 9.17) is 5.41 Å². The normalized spacial score (nSPS) is 18.3. The summed E-state index contributed by atoms with van der Waals surface area (Å²) in [6.07, 6.45) is 4.58. The van der Waals surface area contributed by atoms with Gasteiger partial charge in [0.15, 0.2) is 0 Å². The molecule has 9 heteroatoms. The Morgan fingerprint density at radius 3 is 2.81 bits per heavy atom. The third-order valence-corrected chi connectivity index (χ3v) is 6.59. The number of amides is 2. The lowest BCUT2D eigenvalue weighted by atomic mass is 10.0. The third-order valence-electron chi connectivity index (χ3n) is 5.45. The van der Waals surface area contributed by atoms with Crippen LogP contribution in [0.3, 0.4) is 0 Å². The van der Waals surface area contributed by atoms with Gasteiger partial charge >= 0.3 is 6.03 Å². The second kappa shape index (κ2) is 9.46. The average Bonchev–Trinajstić information content (AvgIpc) is 3.34. The molecule has 2 amide bonds. The Morgan fingerprint density at radius 1 is 1.25 bits per heavy atom. The van der Waals surface area contributed by atoms with Crippen LogP contribution in [-0.4, -0.2) is 53.3 Å². The van der Waals surface area contributed by atoms with Gasteiger partial charge in [-0.2, -0.15) is 0 Å². The Balaban J connectivity index is 0.00000204. The lowest BCUT2D eigenvalue weighted by molar-refractivity contribution is 0.247. The van der Waals surface area contributed by atoms with E-state index in [1.807, 2.05) is 19.1 Å². The molecule has 0 radical (unpaired) electrons. The van der Waals surface area contributed by atoms with Crippen LogP contribution in [0.4, 0.5) is 22.0 Å². The monoisotopic (exact) mass is 453 g/mol. The topological polar surface area (TPSA) is 106 Å². The van der Waals surface area contributed by atoms with Gasteiger partial charge in [0.2, 0.25) is 0 Å². The fourth-order valence-electron chi connectivity index (χ4n) is 3.95. The highest BCUT2D eigenvalue weighted by atomic mass is 32.1. The number of hydrogen-bond acceptors (Lipinski definition) is 7. The number of carbonyl (C=O) groups is 1. The van der Waals surface area contributed by atoms with E-state index in [0.29, 0.717) is 17.1 Å². The van der Waals surface area contributed by atoms with Crippen LogP contribution in [0.2, 0.25) is 0 Å². The summed E-state index contributed by atoms with van der Waals surface area (Å²) in [4.78, 5) is 26.1. The molecule has 32 heavy (non-hydrogen) atoms. The van der Waals surface area contributed by atoms with E-state index in [9.17, 15) is 4.79 Å². The molecular formula is C23H31N7OS. The average molecular weight is 454 g/mol. The van der Waals surface area contributed by atoms with Crippen molar-refractivity contribution in [2.75, 3.05) is 30.8 Å². The van der Waals surface area contributed by atoms with Gasteiger partial charge in [0.25, 0.3) is 0 Å². The Bertz CT molecular complexity index is 1140. The summed E-state index contributed by atoms with van der Waals surface area (Å²) in [5.74, 6) is 0.664. The Labute approximate surface area is 194 Å². The predicted octanol–water partition coefficient (Wildman–Crippen LogP) is 4.61. The van der Waals surface area contributed by atoms with Gasteiger partial charge in [-0.3, -0.25) is 10.3 Å². The molecule has 0 bridgehead atoms. The molecule has 3 aromatic heterocycles. The van der Waals surface area contributed by atoms with Crippen molar-refractivity contribution in [2.45, 2.75) is 25.8 Å². The van der Waals surface area contributed by atoms with Gasteiger partial charge in [0, 0.05) is 61.0 Å². The van der Waals surface area contributed by atoms with E-state index in [2.05, 4.69) is 56.9 Å². The van der Waals surface area contributed by atoms with Gasteiger partial charge in [-0.05, 0) is 51.2 Å². The first-order chi connectivity index (χ1) is 15.4. The van der Waals surface area contributed by atoms with Crippen LogP contribution in [0.5, 0.6) is 0 Å². The highest BCUT2D eigenvalue weighted by Gasteiger charge is 2.34. The van der Waals surface area contributed by atoms with E-state index in [1.54, 1.807) is 29.8 Å². The molecule has 4 N–H and O–H groups in total. The number of likely N-dealkylation sites (N-methyl/N-ethyl adjacent to an activating group) is 1. The smallest absolute Gasteiger partial charge is 0.320 e. The number of nitrogens with one attached hydrogen (secondary N) is 4. The van der Waals surface area contributed by atoms with E-state index in [0.717, 1.165) is 24.5 Å². The Morgan fingerprint density at radius 2 is 2.09 bits per heavy atom. The van der Waals surface area contributed by atoms with Gasteiger partial charge in [0.05, 0.1) is 17.9 Å². The molecule has 0 unspecified atom stereocenters. The van der Waals surface area contributed by atoms with Crippen LogP contribution in [0.1, 0.15) is 29.8 Å². The van der Waals surface area contributed by atoms with E-state index < -0.39 is 0 Å². The summed E-state index contributed by atoms with van der Waals surface area (Å²) in [6, 6.07) is 9.46. The summed E-state index contributed by atoms with van der Waals surface area (Å²) >= 11 is 1.78. The van der Waals surface area contributed by atoms with Gasteiger partial charge in [-0.1, -0.05) is 0 Å². The molecule has 1 aliphatic heterocycles. The minimum atomic E-state index is -0.294. The molecular weight excluding hydrogens is 422 g/mol. The number of carbonyl (C=O) groups excluding carboxylic acids is 1. The molecule has 8 nitrogen and oxygen atoms in total. The Kier molecular flexibility index (Phi) is 6.48. The van der Waals surface area contributed by atoms with Crippen LogP contribution in [-0.2, 0) is 0 Å². The number of nitrogens with zero attached hydrogens (tertiary/aromatic N) is 3. The summed E-state index contributed by atoms with van der Waals surface area (Å²) in [5.41, 5.74) is 3.06. The molecule has 4 rings (SSSR count). The number of pyridine rings is 2. The van der Waals surface area contributed by atoms with Crippen molar-refractivity contribution in [1.82, 2.24) is 20.2 Å². The van der Waals surface area contributed by atoms with Crippen LogP contribution in [0, 0.1) is 19.3 Å². The zero-order valence-corrected chi connectivity index (χ0v) is 19.2. The first-order valence-corrected chi connectivity index (χ1v) is 11.3. The van der Waals surface area contributed by atoms with Crippen molar-refractivity contribution in [3.8, 4) is 0 Å². The maximum atomic E-state index is 12.7. The molecule has 0 aromatic carbocycles. The quantitative estimate of drug-likeness (QED) is 0.408. The number of hydrogen-bond donors (Lipinski definition) is 4. The number of urea groups is 1. The second-order valence-electron chi connectivity index (χ2n) is 8.09. The molecule has 0 saturated carbocycles. The molecule has 0 spiro atoms. The predicted molar refractivity (Wildman–Crippen MR) is 134 cm³/mol. The van der Waals surface area contributed by atoms with Gasteiger partial charge in [0.1, 0.15) is 5.82 Å². The van der Waals surface area contributed by atoms with Crippen molar-refractivity contribution in [2.24, 2.45) is 0 Å². The van der Waals surface area contributed by atoms with Crippen LogP contribution in [0.15, 0.2) is 42.7 Å². The maximum Gasteiger partial charge on any atom is 0.320 e. The van der Waals surface area contributed by atoms with Gasteiger partial charge in [-0.25, -0.2) is 9.78 Å². The van der Waals surface area contributed by atoms with Crippen LogP contribution >= 0.6 is 11.3 Å². The number of aryl methyl sites for hydroxylation is 2. The Hall–Kier alpha value is -3.30. The third kappa shape index (κ3) is 5.12.